The molecule has 0 radical (unpaired) electrons. The van der Waals surface area contributed by atoms with Crippen molar-refractivity contribution in [2.45, 2.75) is 6.92 Å². The number of aromatic nitrogens is 2. The van der Waals surface area contributed by atoms with E-state index in [4.69, 9.17) is 0 Å². The Morgan fingerprint density at radius 2 is 1.89 bits per heavy atom. The highest BCUT2D eigenvalue weighted by atomic mass is 127. The third-order valence-electron chi connectivity index (χ3n) is 2.90. The second kappa shape index (κ2) is 4.35. The van der Waals surface area contributed by atoms with Gasteiger partial charge in [0.15, 0.2) is 0 Å². The van der Waals surface area contributed by atoms with E-state index in [0.717, 1.165) is 26.2 Å². The summed E-state index contributed by atoms with van der Waals surface area (Å²) in [5, 5.41) is 0. The minimum atomic E-state index is -0.228. The number of aryl methyl sites for hydroxylation is 1. The number of hydrogen-bond acceptors (Lipinski definition) is 1. The fraction of sp³-hybridized carbons (Fsp3) is 0.0714. The molecule has 0 aliphatic rings. The molecule has 0 spiro atoms. The van der Waals surface area contributed by atoms with Gasteiger partial charge in [0, 0.05) is 11.8 Å². The summed E-state index contributed by atoms with van der Waals surface area (Å²) in [6, 6.07) is 10.5. The molecule has 0 saturated carbocycles. The topological polar surface area (TPSA) is 17.3 Å². The molecule has 2 heterocycles. The van der Waals surface area contributed by atoms with Crippen LogP contribution in [0.4, 0.5) is 4.39 Å². The number of nitrogens with zero attached hydrogens (tertiary/aromatic N) is 2. The number of benzene rings is 1. The van der Waals surface area contributed by atoms with Crippen LogP contribution in [0.2, 0.25) is 0 Å². The molecule has 0 amide bonds. The summed E-state index contributed by atoms with van der Waals surface area (Å²) in [7, 11) is 0. The van der Waals surface area contributed by atoms with Crippen molar-refractivity contribution in [3.05, 3.63) is 57.7 Å². The third-order valence-corrected chi connectivity index (χ3v) is 3.94. The average Bonchev–Trinajstić information content (AvgIpc) is 2.70. The highest BCUT2D eigenvalue weighted by Crippen LogP contribution is 2.26. The highest BCUT2D eigenvalue weighted by Gasteiger charge is 2.12. The number of halogens is 2. The molecule has 90 valence electrons. The van der Waals surface area contributed by atoms with Crippen molar-refractivity contribution in [3.63, 3.8) is 0 Å². The molecule has 3 aromatic rings. The van der Waals surface area contributed by atoms with Crippen molar-refractivity contribution >= 4 is 28.2 Å². The van der Waals surface area contributed by atoms with E-state index in [1.54, 1.807) is 12.1 Å². The lowest BCUT2D eigenvalue weighted by molar-refractivity contribution is 0.628. The van der Waals surface area contributed by atoms with Crippen molar-refractivity contribution < 1.29 is 4.39 Å². The van der Waals surface area contributed by atoms with Crippen LogP contribution < -0.4 is 0 Å². The van der Waals surface area contributed by atoms with Gasteiger partial charge in [-0.1, -0.05) is 6.07 Å². The van der Waals surface area contributed by atoms with Crippen LogP contribution in [0.5, 0.6) is 0 Å². The molecule has 0 bridgehead atoms. The van der Waals surface area contributed by atoms with E-state index in [-0.39, 0.29) is 5.82 Å². The van der Waals surface area contributed by atoms with Gasteiger partial charge in [0.05, 0.1) is 0 Å². The molecule has 0 atom stereocenters. The van der Waals surface area contributed by atoms with Crippen LogP contribution in [0, 0.1) is 16.4 Å². The normalized spacial score (nSPS) is 11.1. The van der Waals surface area contributed by atoms with Crippen molar-refractivity contribution in [1.29, 1.82) is 0 Å². The summed E-state index contributed by atoms with van der Waals surface area (Å²) < 4.78 is 16.0. The molecule has 18 heavy (non-hydrogen) atoms. The van der Waals surface area contributed by atoms with Gasteiger partial charge in [-0.15, -0.1) is 0 Å². The second-order valence-electron chi connectivity index (χ2n) is 4.14. The fourth-order valence-electron chi connectivity index (χ4n) is 1.97. The van der Waals surface area contributed by atoms with E-state index in [2.05, 4.69) is 32.0 Å². The molecule has 3 rings (SSSR count). The molecule has 0 aliphatic carbocycles. The third kappa shape index (κ3) is 1.80. The summed E-state index contributed by atoms with van der Waals surface area (Å²) in [6.45, 7) is 2.03. The minimum Gasteiger partial charge on any atom is -0.294 e. The van der Waals surface area contributed by atoms with Gasteiger partial charge in [-0.2, -0.15) is 0 Å². The van der Waals surface area contributed by atoms with Gasteiger partial charge in [-0.3, -0.25) is 4.40 Å². The average molecular weight is 352 g/mol. The first kappa shape index (κ1) is 11.6. The van der Waals surface area contributed by atoms with Crippen LogP contribution in [-0.4, -0.2) is 9.38 Å². The quantitative estimate of drug-likeness (QED) is 0.604. The minimum absolute atomic E-state index is 0.228. The van der Waals surface area contributed by atoms with Gasteiger partial charge in [0.2, 0.25) is 0 Å². The molecule has 0 N–H and O–H groups in total. The summed E-state index contributed by atoms with van der Waals surface area (Å²) in [4.78, 5) is 4.64. The standard InChI is InChI=1S/C14H10FIN2/c1-9-3-2-8-18-13(16)12(17-14(9)18)10-4-6-11(15)7-5-10/h2-8H,1H3. The zero-order valence-electron chi connectivity index (χ0n) is 9.69. The Bertz CT molecular complexity index is 716. The molecule has 0 fully saturated rings. The maximum Gasteiger partial charge on any atom is 0.141 e. The van der Waals surface area contributed by atoms with E-state index in [9.17, 15) is 4.39 Å². The zero-order chi connectivity index (χ0) is 12.7. The summed E-state index contributed by atoms with van der Waals surface area (Å²) >= 11 is 2.27. The number of fused-ring (bicyclic) bond motifs is 1. The Balaban J connectivity index is 2.27. The number of pyridine rings is 1. The predicted molar refractivity (Wildman–Crippen MR) is 78.0 cm³/mol. The van der Waals surface area contributed by atoms with Gasteiger partial charge < -0.3 is 0 Å². The predicted octanol–water partition coefficient (Wildman–Crippen LogP) is 4.05. The number of rotatable bonds is 1. The fourth-order valence-corrected chi connectivity index (χ4v) is 2.79. The van der Waals surface area contributed by atoms with Crippen molar-refractivity contribution in [2.75, 3.05) is 0 Å². The first-order valence-electron chi connectivity index (χ1n) is 5.56. The van der Waals surface area contributed by atoms with Crippen molar-refractivity contribution in [1.82, 2.24) is 9.38 Å². The molecule has 2 aromatic heterocycles. The Kier molecular flexibility index (Phi) is 2.81. The van der Waals surface area contributed by atoms with Crippen LogP contribution in [0.25, 0.3) is 16.9 Å². The first-order valence-corrected chi connectivity index (χ1v) is 6.64. The van der Waals surface area contributed by atoms with E-state index in [1.807, 2.05) is 25.3 Å². The Labute approximate surface area is 118 Å². The van der Waals surface area contributed by atoms with E-state index < -0.39 is 0 Å². The molecular weight excluding hydrogens is 342 g/mol. The lowest BCUT2D eigenvalue weighted by atomic mass is 10.2. The van der Waals surface area contributed by atoms with Crippen molar-refractivity contribution in [2.24, 2.45) is 0 Å². The van der Waals surface area contributed by atoms with Crippen LogP contribution in [0.15, 0.2) is 42.6 Å². The largest absolute Gasteiger partial charge is 0.294 e. The zero-order valence-corrected chi connectivity index (χ0v) is 11.8. The first-order chi connectivity index (χ1) is 8.66. The van der Waals surface area contributed by atoms with E-state index >= 15 is 0 Å². The summed E-state index contributed by atoms with van der Waals surface area (Å²) in [5.41, 5.74) is 3.90. The van der Waals surface area contributed by atoms with Gasteiger partial charge in [0.1, 0.15) is 20.9 Å². The summed E-state index contributed by atoms with van der Waals surface area (Å²) in [5.74, 6) is -0.228. The van der Waals surface area contributed by atoms with Crippen LogP contribution in [-0.2, 0) is 0 Å². The van der Waals surface area contributed by atoms with Crippen molar-refractivity contribution in [3.8, 4) is 11.3 Å². The molecule has 0 aliphatic heterocycles. The van der Waals surface area contributed by atoms with E-state index in [0.29, 0.717) is 0 Å². The van der Waals surface area contributed by atoms with Gasteiger partial charge in [0.25, 0.3) is 0 Å². The Morgan fingerprint density at radius 1 is 1.17 bits per heavy atom. The summed E-state index contributed by atoms with van der Waals surface area (Å²) in [6.07, 6.45) is 1.99. The maximum atomic E-state index is 12.9. The lowest BCUT2D eigenvalue weighted by Crippen LogP contribution is -1.88. The SMILES string of the molecule is Cc1cccn2c(I)c(-c3ccc(F)cc3)nc12. The van der Waals surface area contributed by atoms with Gasteiger partial charge >= 0.3 is 0 Å². The molecule has 1 aromatic carbocycles. The lowest BCUT2D eigenvalue weighted by Gasteiger charge is -1.98. The van der Waals surface area contributed by atoms with Crippen LogP contribution >= 0.6 is 22.6 Å². The molecular formula is C14H10FIN2. The molecule has 0 unspecified atom stereocenters. The molecule has 2 nitrogen and oxygen atoms in total. The second-order valence-corrected chi connectivity index (χ2v) is 5.16. The maximum absolute atomic E-state index is 12.9. The van der Waals surface area contributed by atoms with Crippen LogP contribution in [0.3, 0.4) is 0 Å². The Hall–Kier alpha value is -1.43. The van der Waals surface area contributed by atoms with Gasteiger partial charge in [-0.25, -0.2) is 9.37 Å². The molecule has 0 saturated heterocycles. The monoisotopic (exact) mass is 352 g/mol. The Morgan fingerprint density at radius 3 is 2.56 bits per heavy atom. The smallest absolute Gasteiger partial charge is 0.141 e. The highest BCUT2D eigenvalue weighted by molar-refractivity contribution is 14.1. The van der Waals surface area contributed by atoms with Crippen LogP contribution in [0.1, 0.15) is 5.56 Å². The van der Waals surface area contributed by atoms with E-state index in [1.165, 1.54) is 12.1 Å². The number of hydrogen-bond donors (Lipinski definition) is 0. The number of imidazole rings is 1. The van der Waals surface area contributed by atoms with Gasteiger partial charge in [-0.05, 0) is 65.4 Å². The molecule has 4 heteroatoms.